The monoisotopic (exact) mass is 426 g/mol. The van der Waals surface area contributed by atoms with E-state index in [4.69, 9.17) is 4.74 Å². The van der Waals surface area contributed by atoms with Crippen molar-refractivity contribution in [3.05, 3.63) is 29.8 Å². The molecule has 4 nitrogen and oxygen atoms in total. The molecule has 1 aromatic carbocycles. The summed E-state index contributed by atoms with van der Waals surface area (Å²) in [6, 6.07) is 8.53. The smallest absolute Gasteiger partial charge is 0.228 e. The number of likely N-dealkylation sites (tertiary alicyclic amines) is 1. The minimum Gasteiger partial charge on any atom is -0.492 e. The van der Waals surface area contributed by atoms with E-state index in [1.54, 1.807) is 0 Å². The fourth-order valence-corrected chi connectivity index (χ4v) is 6.23. The molecule has 1 amide bonds. The van der Waals surface area contributed by atoms with E-state index in [2.05, 4.69) is 48.0 Å². The number of fused-ring (bicyclic) bond motifs is 1. The summed E-state index contributed by atoms with van der Waals surface area (Å²) in [4.78, 5) is 18.0. The lowest BCUT2D eigenvalue weighted by atomic mass is 9.71. The van der Waals surface area contributed by atoms with E-state index < -0.39 is 0 Å². The Balaban J connectivity index is 1.38. The molecule has 31 heavy (non-hydrogen) atoms. The van der Waals surface area contributed by atoms with Gasteiger partial charge in [-0.05, 0) is 69.0 Å². The van der Waals surface area contributed by atoms with Crippen LogP contribution in [-0.4, -0.2) is 55.5 Å². The van der Waals surface area contributed by atoms with Gasteiger partial charge in [-0.2, -0.15) is 0 Å². The molecule has 0 atom stereocenters. The van der Waals surface area contributed by atoms with E-state index in [1.165, 1.54) is 44.1 Å². The van der Waals surface area contributed by atoms with Gasteiger partial charge in [0.05, 0.1) is 0 Å². The third kappa shape index (κ3) is 5.45. The average molecular weight is 427 g/mol. The first-order valence-corrected chi connectivity index (χ1v) is 12.7. The second kappa shape index (κ2) is 9.94. The van der Waals surface area contributed by atoms with Crippen molar-refractivity contribution in [2.75, 3.05) is 39.8 Å². The molecule has 0 unspecified atom stereocenters. The number of hydrogen-bond acceptors (Lipinski definition) is 3. The van der Waals surface area contributed by atoms with Crippen LogP contribution in [-0.2, 0) is 11.2 Å². The van der Waals surface area contributed by atoms with Crippen LogP contribution in [0, 0.1) is 10.8 Å². The standard InChI is InChI=1S/C27H42N2O2/c1-26(13-7-3-8-14-26)25(30)29-18-16-27(17-19-29)15-9-6-11-23-10-4-5-12-24(23)31-21-20-28(2)22-27/h4-5,10,12H,3,6-9,11,13-22H2,1-2H3. The van der Waals surface area contributed by atoms with Crippen molar-refractivity contribution in [1.82, 2.24) is 9.80 Å². The third-order valence-corrected chi connectivity index (χ3v) is 8.30. The van der Waals surface area contributed by atoms with Crippen LogP contribution >= 0.6 is 0 Å². The van der Waals surface area contributed by atoms with Gasteiger partial charge < -0.3 is 14.5 Å². The molecule has 2 fully saturated rings. The molecule has 0 radical (unpaired) electrons. The lowest BCUT2D eigenvalue weighted by Gasteiger charge is -2.46. The van der Waals surface area contributed by atoms with E-state index in [1.807, 2.05) is 0 Å². The van der Waals surface area contributed by atoms with Crippen LogP contribution in [0.4, 0.5) is 0 Å². The third-order valence-electron chi connectivity index (χ3n) is 8.30. The van der Waals surface area contributed by atoms with Gasteiger partial charge in [0.1, 0.15) is 12.4 Å². The average Bonchev–Trinajstić information content (AvgIpc) is 2.77. The molecule has 3 aliphatic rings. The van der Waals surface area contributed by atoms with Crippen molar-refractivity contribution < 1.29 is 9.53 Å². The zero-order chi connectivity index (χ0) is 21.7. The number of amides is 1. The fourth-order valence-electron chi connectivity index (χ4n) is 6.23. The van der Waals surface area contributed by atoms with Gasteiger partial charge in [0.2, 0.25) is 5.91 Å². The predicted octanol–water partition coefficient (Wildman–Crippen LogP) is 5.30. The Hall–Kier alpha value is -1.55. The molecule has 4 rings (SSSR count). The molecule has 1 aromatic rings. The highest BCUT2D eigenvalue weighted by Crippen LogP contribution is 2.42. The number of para-hydroxylation sites is 1. The molecular weight excluding hydrogens is 384 g/mol. The van der Waals surface area contributed by atoms with Gasteiger partial charge in [-0.1, -0.05) is 50.8 Å². The van der Waals surface area contributed by atoms with Gasteiger partial charge in [0.25, 0.3) is 0 Å². The molecule has 4 heteroatoms. The maximum atomic E-state index is 13.3. The van der Waals surface area contributed by atoms with Gasteiger partial charge in [-0.3, -0.25) is 4.79 Å². The highest BCUT2D eigenvalue weighted by atomic mass is 16.5. The summed E-state index contributed by atoms with van der Waals surface area (Å²) in [5.41, 5.74) is 1.59. The van der Waals surface area contributed by atoms with Crippen LogP contribution in [0.5, 0.6) is 5.75 Å². The molecule has 172 valence electrons. The zero-order valence-corrected chi connectivity index (χ0v) is 19.8. The molecular formula is C27H42N2O2. The van der Waals surface area contributed by atoms with Crippen molar-refractivity contribution in [2.45, 2.75) is 77.6 Å². The first-order valence-electron chi connectivity index (χ1n) is 12.7. The number of piperidine rings is 1. The molecule has 2 aliphatic heterocycles. The highest BCUT2D eigenvalue weighted by molar-refractivity contribution is 5.82. The van der Waals surface area contributed by atoms with E-state index >= 15 is 0 Å². The van der Waals surface area contributed by atoms with E-state index in [-0.39, 0.29) is 5.41 Å². The second-order valence-electron chi connectivity index (χ2n) is 10.8. The molecule has 2 heterocycles. The number of ether oxygens (including phenoxy) is 1. The van der Waals surface area contributed by atoms with Gasteiger partial charge in [-0.25, -0.2) is 0 Å². The summed E-state index contributed by atoms with van der Waals surface area (Å²) < 4.78 is 6.14. The number of nitrogens with zero attached hydrogens (tertiary/aromatic N) is 2. The van der Waals surface area contributed by atoms with Gasteiger partial charge >= 0.3 is 0 Å². The summed E-state index contributed by atoms with van der Waals surface area (Å²) in [7, 11) is 2.24. The fraction of sp³-hybridized carbons (Fsp3) is 0.741. The van der Waals surface area contributed by atoms with E-state index in [0.717, 1.165) is 70.6 Å². The Bertz CT molecular complexity index is 733. The SMILES string of the molecule is CN1CCOc2ccccc2CCCCC2(CCN(C(=O)C3(C)CCCCC3)CC2)C1. The Morgan fingerprint density at radius 3 is 2.39 bits per heavy atom. The summed E-state index contributed by atoms with van der Waals surface area (Å²) >= 11 is 0. The van der Waals surface area contributed by atoms with Gasteiger partial charge in [0.15, 0.2) is 0 Å². The minimum absolute atomic E-state index is 0.100. The summed E-state index contributed by atoms with van der Waals surface area (Å²) in [6.07, 6.45) is 13.0. The Labute approximate surface area is 189 Å². The Morgan fingerprint density at radius 1 is 0.903 bits per heavy atom. The molecule has 0 bridgehead atoms. The lowest BCUT2D eigenvalue weighted by Crippen LogP contribution is -2.51. The van der Waals surface area contributed by atoms with E-state index in [9.17, 15) is 4.79 Å². The van der Waals surface area contributed by atoms with Crippen LogP contribution < -0.4 is 4.74 Å². The first kappa shape index (κ1) is 22.6. The summed E-state index contributed by atoms with van der Waals surface area (Å²) in [5.74, 6) is 1.50. The highest BCUT2D eigenvalue weighted by Gasteiger charge is 2.42. The van der Waals surface area contributed by atoms with Gasteiger partial charge in [-0.15, -0.1) is 0 Å². The maximum absolute atomic E-state index is 13.3. The minimum atomic E-state index is -0.100. The summed E-state index contributed by atoms with van der Waals surface area (Å²) in [6.45, 7) is 6.93. The number of hydrogen-bond donors (Lipinski definition) is 0. The number of aryl methyl sites for hydroxylation is 1. The molecule has 0 N–H and O–H groups in total. The molecule has 1 saturated heterocycles. The normalized spacial score (nSPS) is 25.0. The molecule has 0 aromatic heterocycles. The Kier molecular flexibility index (Phi) is 7.26. The number of likely N-dealkylation sites (N-methyl/N-ethyl adjacent to an activating group) is 1. The van der Waals surface area contributed by atoms with Crippen LogP contribution in [0.15, 0.2) is 24.3 Å². The predicted molar refractivity (Wildman–Crippen MR) is 126 cm³/mol. The topological polar surface area (TPSA) is 32.8 Å². The van der Waals surface area contributed by atoms with Crippen LogP contribution in [0.25, 0.3) is 0 Å². The van der Waals surface area contributed by atoms with Crippen molar-refractivity contribution in [1.29, 1.82) is 0 Å². The molecule has 1 spiro atoms. The van der Waals surface area contributed by atoms with Crippen molar-refractivity contribution in [2.24, 2.45) is 10.8 Å². The van der Waals surface area contributed by atoms with E-state index in [0.29, 0.717) is 11.3 Å². The number of benzene rings is 1. The number of rotatable bonds is 1. The first-order chi connectivity index (χ1) is 15.0. The second-order valence-corrected chi connectivity index (χ2v) is 10.8. The summed E-state index contributed by atoms with van der Waals surface area (Å²) in [5, 5.41) is 0. The van der Waals surface area contributed by atoms with Crippen LogP contribution in [0.1, 0.15) is 76.7 Å². The number of carbonyl (C=O) groups is 1. The Morgan fingerprint density at radius 2 is 1.61 bits per heavy atom. The largest absolute Gasteiger partial charge is 0.492 e. The van der Waals surface area contributed by atoms with Crippen molar-refractivity contribution >= 4 is 5.91 Å². The van der Waals surface area contributed by atoms with Crippen LogP contribution in [0.3, 0.4) is 0 Å². The lowest BCUT2D eigenvalue weighted by molar-refractivity contribution is -0.145. The number of carbonyl (C=O) groups excluding carboxylic acids is 1. The van der Waals surface area contributed by atoms with Crippen LogP contribution in [0.2, 0.25) is 0 Å². The molecule has 1 aliphatic carbocycles. The zero-order valence-electron chi connectivity index (χ0n) is 19.8. The van der Waals surface area contributed by atoms with Gasteiger partial charge in [0, 0.05) is 31.6 Å². The van der Waals surface area contributed by atoms with Crippen molar-refractivity contribution in [3.63, 3.8) is 0 Å². The maximum Gasteiger partial charge on any atom is 0.228 e. The van der Waals surface area contributed by atoms with Crippen molar-refractivity contribution in [3.8, 4) is 5.75 Å². The quantitative estimate of drug-likeness (QED) is 0.611. The molecule has 1 saturated carbocycles.